The minimum Gasteiger partial charge on any atom is -0.396 e. The molecule has 2 rings (SSSR count). The van der Waals surface area contributed by atoms with E-state index in [2.05, 4.69) is 41.8 Å². The number of guanidine groups is 1. The van der Waals surface area contributed by atoms with Crippen molar-refractivity contribution in [3.8, 4) is 0 Å². The summed E-state index contributed by atoms with van der Waals surface area (Å²) in [5.74, 6) is 0.844. The Balaban J connectivity index is 0.00000420. The Hall–Kier alpha value is -0.900. The number of aliphatic imine (C=N–C) groups is 1. The molecule has 0 aromatic heterocycles. The number of aliphatic hydroxyl groups is 1. The van der Waals surface area contributed by atoms with Crippen molar-refractivity contribution in [1.82, 2.24) is 10.6 Å². The van der Waals surface area contributed by atoms with Gasteiger partial charge in [0.15, 0.2) is 5.96 Å². The molecule has 6 nitrogen and oxygen atoms in total. The second kappa shape index (κ2) is 15.9. The smallest absolute Gasteiger partial charge is 0.191 e. The van der Waals surface area contributed by atoms with Crippen molar-refractivity contribution in [1.29, 1.82) is 0 Å². The summed E-state index contributed by atoms with van der Waals surface area (Å²) < 4.78 is 11.3. The molecule has 1 aromatic carbocycles. The highest BCUT2D eigenvalue weighted by molar-refractivity contribution is 14.0. The van der Waals surface area contributed by atoms with Gasteiger partial charge in [-0.2, -0.15) is 0 Å². The van der Waals surface area contributed by atoms with E-state index >= 15 is 0 Å². The predicted molar refractivity (Wildman–Crippen MR) is 129 cm³/mol. The van der Waals surface area contributed by atoms with Crippen LogP contribution in [0.2, 0.25) is 0 Å². The maximum absolute atomic E-state index is 9.34. The summed E-state index contributed by atoms with van der Waals surface area (Å²) in [5.41, 5.74) is 1.31. The van der Waals surface area contributed by atoms with E-state index in [-0.39, 0.29) is 36.0 Å². The lowest BCUT2D eigenvalue weighted by atomic mass is 9.84. The Morgan fingerprint density at radius 2 is 2.03 bits per heavy atom. The van der Waals surface area contributed by atoms with Gasteiger partial charge in [-0.15, -0.1) is 24.0 Å². The van der Waals surface area contributed by atoms with Gasteiger partial charge in [0.1, 0.15) is 0 Å². The molecule has 0 amide bonds. The summed E-state index contributed by atoms with van der Waals surface area (Å²) in [6.45, 7) is 7.67. The fraction of sp³-hybridized carbons (Fsp3) is 0.682. The molecule has 1 saturated heterocycles. The van der Waals surface area contributed by atoms with Crippen molar-refractivity contribution in [2.24, 2.45) is 10.4 Å². The summed E-state index contributed by atoms with van der Waals surface area (Å²) in [4.78, 5) is 4.74. The van der Waals surface area contributed by atoms with E-state index in [9.17, 15) is 5.11 Å². The number of ether oxygens (including phenoxy) is 2. The molecule has 3 N–H and O–H groups in total. The van der Waals surface area contributed by atoms with Crippen molar-refractivity contribution in [2.75, 3.05) is 52.7 Å². The van der Waals surface area contributed by atoms with Crippen LogP contribution in [-0.4, -0.2) is 63.7 Å². The van der Waals surface area contributed by atoms with E-state index < -0.39 is 0 Å². The fourth-order valence-electron chi connectivity index (χ4n) is 3.35. The zero-order valence-corrected chi connectivity index (χ0v) is 20.0. The number of aliphatic hydroxyl groups excluding tert-OH is 1. The van der Waals surface area contributed by atoms with Crippen molar-refractivity contribution >= 4 is 29.9 Å². The van der Waals surface area contributed by atoms with Crippen LogP contribution in [0.25, 0.3) is 0 Å². The third kappa shape index (κ3) is 10.6. The first kappa shape index (κ1) is 26.1. The lowest BCUT2D eigenvalue weighted by molar-refractivity contribution is 0.131. The van der Waals surface area contributed by atoms with Gasteiger partial charge in [-0.25, -0.2) is 0 Å². The fourth-order valence-corrected chi connectivity index (χ4v) is 3.35. The molecule has 1 atom stereocenters. The molecular weight excluding hydrogens is 481 g/mol. The lowest BCUT2D eigenvalue weighted by Gasteiger charge is -2.24. The Morgan fingerprint density at radius 1 is 1.21 bits per heavy atom. The molecule has 1 heterocycles. The molecule has 0 bridgehead atoms. The number of hydrogen-bond donors (Lipinski definition) is 3. The third-order valence-corrected chi connectivity index (χ3v) is 5.13. The predicted octanol–water partition coefficient (Wildman–Crippen LogP) is 2.99. The normalized spacial score (nSPS) is 19.0. The van der Waals surface area contributed by atoms with Crippen LogP contribution >= 0.6 is 24.0 Å². The van der Waals surface area contributed by atoms with Crippen LogP contribution in [0.1, 0.15) is 38.2 Å². The number of nitrogens with zero attached hydrogens (tertiary/aromatic N) is 1. The van der Waals surface area contributed by atoms with Crippen LogP contribution in [-0.2, 0) is 15.9 Å². The summed E-state index contributed by atoms with van der Waals surface area (Å²) in [5, 5.41) is 16.0. The van der Waals surface area contributed by atoms with Crippen LogP contribution in [0.3, 0.4) is 0 Å². The summed E-state index contributed by atoms with van der Waals surface area (Å²) in [6, 6.07) is 10.4. The number of halogens is 1. The first-order valence-electron chi connectivity index (χ1n) is 10.6. The molecule has 0 spiro atoms. The quantitative estimate of drug-likeness (QED) is 0.162. The molecule has 29 heavy (non-hydrogen) atoms. The number of unbranched alkanes of at least 4 members (excludes halogenated alkanes) is 1. The van der Waals surface area contributed by atoms with Crippen LogP contribution in [0.4, 0.5) is 0 Å². The van der Waals surface area contributed by atoms with E-state index in [4.69, 9.17) is 14.5 Å². The van der Waals surface area contributed by atoms with Gasteiger partial charge in [-0.3, -0.25) is 4.99 Å². The van der Waals surface area contributed by atoms with E-state index in [0.717, 1.165) is 71.0 Å². The van der Waals surface area contributed by atoms with Gasteiger partial charge in [0.2, 0.25) is 0 Å². The minimum absolute atomic E-state index is 0. The third-order valence-electron chi connectivity index (χ3n) is 5.13. The molecule has 1 aliphatic rings. The topological polar surface area (TPSA) is 75.1 Å². The highest BCUT2D eigenvalue weighted by Crippen LogP contribution is 2.32. The molecule has 1 fully saturated rings. The molecule has 1 aliphatic heterocycles. The molecule has 1 unspecified atom stereocenters. The second-order valence-corrected chi connectivity index (χ2v) is 7.45. The average molecular weight is 519 g/mol. The SMILES string of the molecule is CCNC(=NCC1(CCO)CCOC1)NCCCCOCCc1ccccc1.I. The maximum atomic E-state index is 9.34. The summed E-state index contributed by atoms with van der Waals surface area (Å²) >= 11 is 0. The zero-order chi connectivity index (χ0) is 19.9. The Labute approximate surface area is 192 Å². The molecule has 0 saturated carbocycles. The summed E-state index contributed by atoms with van der Waals surface area (Å²) in [6.07, 6.45) is 4.76. The molecule has 0 aliphatic carbocycles. The number of hydrogen-bond acceptors (Lipinski definition) is 4. The molecule has 166 valence electrons. The van der Waals surface area contributed by atoms with Crippen molar-refractivity contribution in [3.05, 3.63) is 35.9 Å². The van der Waals surface area contributed by atoms with Crippen LogP contribution in [0.5, 0.6) is 0 Å². The van der Waals surface area contributed by atoms with E-state index in [1.165, 1.54) is 5.56 Å². The van der Waals surface area contributed by atoms with E-state index in [1.807, 2.05) is 6.07 Å². The van der Waals surface area contributed by atoms with Gasteiger partial charge in [0, 0.05) is 38.3 Å². The van der Waals surface area contributed by atoms with Crippen molar-refractivity contribution < 1.29 is 14.6 Å². The van der Waals surface area contributed by atoms with Gasteiger partial charge in [-0.05, 0) is 44.6 Å². The molecule has 7 heteroatoms. The number of rotatable bonds is 13. The van der Waals surface area contributed by atoms with Gasteiger partial charge in [-0.1, -0.05) is 30.3 Å². The maximum Gasteiger partial charge on any atom is 0.191 e. The monoisotopic (exact) mass is 519 g/mol. The largest absolute Gasteiger partial charge is 0.396 e. The van der Waals surface area contributed by atoms with Crippen LogP contribution in [0, 0.1) is 5.41 Å². The number of benzene rings is 1. The Morgan fingerprint density at radius 3 is 2.72 bits per heavy atom. The molecule has 1 aromatic rings. The van der Waals surface area contributed by atoms with E-state index in [0.29, 0.717) is 13.2 Å². The van der Waals surface area contributed by atoms with Crippen LogP contribution in [0.15, 0.2) is 35.3 Å². The van der Waals surface area contributed by atoms with Gasteiger partial charge < -0.3 is 25.2 Å². The zero-order valence-electron chi connectivity index (χ0n) is 17.7. The Kier molecular flexibility index (Phi) is 14.3. The highest BCUT2D eigenvalue weighted by atomic mass is 127. The van der Waals surface area contributed by atoms with Crippen molar-refractivity contribution in [2.45, 2.75) is 39.0 Å². The first-order valence-corrected chi connectivity index (χ1v) is 10.6. The Bertz CT molecular complexity index is 551. The second-order valence-electron chi connectivity index (χ2n) is 7.45. The number of nitrogens with one attached hydrogen (secondary N) is 2. The van der Waals surface area contributed by atoms with Gasteiger partial charge >= 0.3 is 0 Å². The highest BCUT2D eigenvalue weighted by Gasteiger charge is 2.34. The van der Waals surface area contributed by atoms with Gasteiger partial charge in [0.05, 0.1) is 19.8 Å². The lowest BCUT2D eigenvalue weighted by Crippen LogP contribution is -2.39. The van der Waals surface area contributed by atoms with Crippen molar-refractivity contribution in [3.63, 3.8) is 0 Å². The standard InChI is InChI=1S/C22H37N3O3.HI/c1-2-23-21(25-18-22(11-14-26)12-17-28-19-22)24-13-6-7-15-27-16-10-20-8-4-3-5-9-20;/h3-5,8-9,26H,2,6-7,10-19H2,1H3,(H2,23,24,25);1H. The average Bonchev–Trinajstić information content (AvgIpc) is 3.18. The van der Waals surface area contributed by atoms with Gasteiger partial charge in [0.25, 0.3) is 0 Å². The molecule has 0 radical (unpaired) electrons. The minimum atomic E-state index is -0.0102. The first-order chi connectivity index (χ1) is 13.8. The molecular formula is C22H38IN3O3. The van der Waals surface area contributed by atoms with Crippen LogP contribution < -0.4 is 10.6 Å². The summed E-state index contributed by atoms with van der Waals surface area (Å²) in [7, 11) is 0. The van der Waals surface area contributed by atoms with E-state index in [1.54, 1.807) is 0 Å².